The predicted molar refractivity (Wildman–Crippen MR) is 111 cm³/mol. The third kappa shape index (κ3) is 12.8. The summed E-state index contributed by atoms with van der Waals surface area (Å²) in [5, 5.41) is 38.1. The minimum absolute atomic E-state index is 0.0399. The molecule has 0 amide bonds. The van der Waals surface area contributed by atoms with Crippen LogP contribution >= 0.6 is 0 Å². The molecule has 0 aromatic heterocycles. The van der Waals surface area contributed by atoms with Crippen LogP contribution in [-0.2, 0) is 4.74 Å². The fourth-order valence-electron chi connectivity index (χ4n) is 3.70. The molecule has 0 aliphatic carbocycles. The molecule has 0 aliphatic heterocycles. The second-order valence-electron chi connectivity index (χ2n) is 8.30. The van der Waals surface area contributed by atoms with Crippen molar-refractivity contribution in [3.63, 3.8) is 0 Å². The first kappa shape index (κ1) is 26.8. The molecule has 0 heterocycles. The Kier molecular flexibility index (Phi) is 16.6. The Morgan fingerprint density at radius 1 is 0.667 bits per heavy atom. The first-order valence-electron chi connectivity index (χ1n) is 11.1. The van der Waals surface area contributed by atoms with Gasteiger partial charge in [-0.25, -0.2) is 0 Å². The first-order valence-corrected chi connectivity index (χ1v) is 11.1. The fraction of sp³-hybridized carbons (Fsp3) is 1.00. The molecular weight excluding hydrogens is 344 g/mol. The van der Waals surface area contributed by atoms with Crippen molar-refractivity contribution in [1.29, 1.82) is 0 Å². The average molecular weight is 391 g/mol. The van der Waals surface area contributed by atoms with Crippen LogP contribution in [-0.4, -0.2) is 58.1 Å². The van der Waals surface area contributed by atoms with Crippen molar-refractivity contribution in [2.75, 3.05) is 13.2 Å². The number of rotatable bonds is 18. The maximum atomic E-state index is 9.85. The molecule has 0 bridgehead atoms. The van der Waals surface area contributed by atoms with Gasteiger partial charge in [-0.1, -0.05) is 66.2 Å². The lowest BCUT2D eigenvalue weighted by Gasteiger charge is -2.34. The smallest absolute Gasteiger partial charge is 0.0774 e. The van der Waals surface area contributed by atoms with Gasteiger partial charge in [-0.05, 0) is 37.5 Å². The molecule has 0 rings (SSSR count). The van der Waals surface area contributed by atoms with Crippen LogP contribution in [0.3, 0.4) is 0 Å². The van der Waals surface area contributed by atoms with Gasteiger partial charge in [-0.3, -0.25) is 0 Å². The maximum Gasteiger partial charge on any atom is 0.0774 e. The minimum atomic E-state index is -0.704. The van der Waals surface area contributed by atoms with Crippen LogP contribution in [0.25, 0.3) is 0 Å². The highest BCUT2D eigenvalue weighted by atomic mass is 16.5. The van der Waals surface area contributed by atoms with Crippen molar-refractivity contribution in [3.05, 3.63) is 0 Å². The molecule has 0 aliphatic rings. The molecular formula is C22H46O5. The summed E-state index contributed by atoms with van der Waals surface area (Å²) in [7, 11) is 0. The van der Waals surface area contributed by atoms with Crippen LogP contribution in [0.2, 0.25) is 0 Å². The number of unbranched alkanes of at least 4 members (excludes halogenated alkanes) is 4. The van der Waals surface area contributed by atoms with E-state index in [9.17, 15) is 20.4 Å². The molecule has 27 heavy (non-hydrogen) atoms. The molecule has 0 saturated carbocycles. The first-order chi connectivity index (χ1) is 12.9. The van der Waals surface area contributed by atoms with Gasteiger partial charge in [0.15, 0.2) is 0 Å². The van der Waals surface area contributed by atoms with Crippen molar-refractivity contribution >= 4 is 0 Å². The average Bonchev–Trinajstić information content (AvgIpc) is 2.65. The monoisotopic (exact) mass is 390 g/mol. The summed E-state index contributed by atoms with van der Waals surface area (Å²) >= 11 is 0. The van der Waals surface area contributed by atoms with Gasteiger partial charge in [0, 0.05) is 0 Å². The molecule has 5 heteroatoms. The van der Waals surface area contributed by atoms with Crippen LogP contribution in [0.4, 0.5) is 0 Å². The van der Waals surface area contributed by atoms with Gasteiger partial charge in [0.1, 0.15) is 0 Å². The van der Waals surface area contributed by atoms with E-state index in [0.717, 1.165) is 51.4 Å². The van der Waals surface area contributed by atoms with E-state index >= 15 is 0 Å². The van der Waals surface area contributed by atoms with Crippen molar-refractivity contribution in [2.24, 2.45) is 11.8 Å². The van der Waals surface area contributed by atoms with Crippen LogP contribution in [0, 0.1) is 11.8 Å². The number of hydrogen-bond acceptors (Lipinski definition) is 5. The normalized spacial score (nSPS) is 18.7. The van der Waals surface area contributed by atoms with E-state index in [-0.39, 0.29) is 37.3 Å². The second kappa shape index (κ2) is 16.7. The summed E-state index contributed by atoms with van der Waals surface area (Å²) in [6.07, 6.45) is 8.45. The third-order valence-corrected chi connectivity index (χ3v) is 5.51. The summed E-state index contributed by atoms with van der Waals surface area (Å²) in [5.41, 5.74) is 0. The molecule has 0 aromatic carbocycles. The summed E-state index contributed by atoms with van der Waals surface area (Å²) in [5.74, 6) is 0.320. The molecule has 0 aromatic rings. The third-order valence-electron chi connectivity index (χ3n) is 5.51. The van der Waals surface area contributed by atoms with Crippen molar-refractivity contribution in [1.82, 2.24) is 0 Å². The second-order valence-corrected chi connectivity index (χ2v) is 8.30. The minimum Gasteiger partial charge on any atom is -0.394 e. The molecule has 0 spiro atoms. The molecule has 164 valence electrons. The fourth-order valence-corrected chi connectivity index (χ4v) is 3.70. The van der Waals surface area contributed by atoms with E-state index in [1.807, 2.05) is 0 Å². The molecule has 0 fully saturated rings. The maximum absolute atomic E-state index is 9.85. The van der Waals surface area contributed by atoms with Gasteiger partial charge in [0.25, 0.3) is 0 Å². The predicted octanol–water partition coefficient (Wildman–Crippen LogP) is 3.66. The highest BCUT2D eigenvalue weighted by Crippen LogP contribution is 2.27. The zero-order valence-electron chi connectivity index (χ0n) is 18.1. The lowest BCUT2D eigenvalue weighted by atomic mass is 9.90. The van der Waals surface area contributed by atoms with Crippen LogP contribution < -0.4 is 0 Å². The Labute approximate surface area is 167 Å². The lowest BCUT2D eigenvalue weighted by Crippen LogP contribution is -2.35. The van der Waals surface area contributed by atoms with Crippen molar-refractivity contribution < 1.29 is 25.2 Å². The number of ether oxygens (including phenoxy) is 1. The molecule has 4 N–H and O–H groups in total. The van der Waals surface area contributed by atoms with Gasteiger partial charge in [-0.15, -0.1) is 0 Å². The van der Waals surface area contributed by atoms with Crippen LogP contribution in [0.1, 0.15) is 91.9 Å². The Morgan fingerprint density at radius 2 is 1.04 bits per heavy atom. The summed E-state index contributed by atoms with van der Waals surface area (Å²) in [4.78, 5) is 0. The summed E-state index contributed by atoms with van der Waals surface area (Å²) in [6, 6.07) is 0. The van der Waals surface area contributed by atoms with Gasteiger partial charge >= 0.3 is 0 Å². The van der Waals surface area contributed by atoms with E-state index in [0.29, 0.717) is 12.8 Å². The van der Waals surface area contributed by atoms with Gasteiger partial charge in [0.05, 0.1) is 37.6 Å². The van der Waals surface area contributed by atoms with E-state index in [1.165, 1.54) is 0 Å². The Morgan fingerprint density at radius 3 is 1.33 bits per heavy atom. The van der Waals surface area contributed by atoms with E-state index < -0.39 is 12.2 Å². The summed E-state index contributed by atoms with van der Waals surface area (Å²) < 4.78 is 6.57. The zero-order chi connectivity index (χ0) is 20.7. The van der Waals surface area contributed by atoms with Gasteiger partial charge in [0.2, 0.25) is 0 Å². The Bertz CT molecular complexity index is 296. The highest BCUT2D eigenvalue weighted by molar-refractivity contribution is 4.76. The molecule has 6 unspecified atom stereocenters. The number of aliphatic hydroxyl groups excluding tert-OH is 4. The standard InChI is InChI=1S/C22H46O5/c1-5-7-9-11-21(17(3)13-19(25)15-23)27-22(12-10-8-6-2)18(4)14-20(26)16-24/h17-26H,5-16H2,1-4H3. The Balaban J connectivity index is 5.03. The molecule has 0 radical (unpaired) electrons. The highest BCUT2D eigenvalue weighted by Gasteiger charge is 2.27. The topological polar surface area (TPSA) is 90.2 Å². The van der Waals surface area contributed by atoms with Crippen LogP contribution in [0.15, 0.2) is 0 Å². The van der Waals surface area contributed by atoms with E-state index in [2.05, 4.69) is 27.7 Å². The van der Waals surface area contributed by atoms with Crippen molar-refractivity contribution in [2.45, 2.75) is 116 Å². The quantitative estimate of drug-likeness (QED) is 0.268. The van der Waals surface area contributed by atoms with Crippen molar-refractivity contribution in [3.8, 4) is 0 Å². The molecule has 0 saturated heterocycles. The molecule has 5 nitrogen and oxygen atoms in total. The van der Waals surface area contributed by atoms with Crippen LogP contribution in [0.5, 0.6) is 0 Å². The van der Waals surface area contributed by atoms with E-state index in [1.54, 1.807) is 0 Å². The van der Waals surface area contributed by atoms with Gasteiger partial charge in [-0.2, -0.15) is 0 Å². The lowest BCUT2D eigenvalue weighted by molar-refractivity contribution is -0.0873. The largest absolute Gasteiger partial charge is 0.394 e. The molecule has 6 atom stereocenters. The van der Waals surface area contributed by atoms with E-state index in [4.69, 9.17) is 4.74 Å². The SMILES string of the molecule is CCCCCC(OC(CCCCC)C(C)CC(O)CO)C(C)CC(O)CO. The van der Waals surface area contributed by atoms with Gasteiger partial charge < -0.3 is 25.2 Å². The summed E-state index contributed by atoms with van der Waals surface area (Å²) in [6.45, 7) is 8.11. The zero-order valence-corrected chi connectivity index (χ0v) is 18.1. The number of aliphatic hydroxyl groups is 4. The number of hydrogen-bond donors (Lipinski definition) is 4. The Hall–Kier alpha value is -0.200.